The lowest BCUT2D eigenvalue weighted by molar-refractivity contribution is 0.101. The molecule has 4 heteroatoms. The number of hydrogen-bond acceptors (Lipinski definition) is 4. The second kappa shape index (κ2) is 7.20. The van der Waals surface area contributed by atoms with Gasteiger partial charge in [0.05, 0.1) is 18.9 Å². The van der Waals surface area contributed by atoms with Crippen LogP contribution in [0.1, 0.15) is 22.8 Å². The summed E-state index contributed by atoms with van der Waals surface area (Å²) in [4.78, 5) is 18.0. The predicted octanol–water partition coefficient (Wildman–Crippen LogP) is 3.48. The van der Waals surface area contributed by atoms with E-state index in [0.29, 0.717) is 5.56 Å². The summed E-state index contributed by atoms with van der Waals surface area (Å²) in [6, 6.07) is 15.7. The van der Waals surface area contributed by atoms with Crippen molar-refractivity contribution < 1.29 is 9.53 Å². The topological polar surface area (TPSA) is 41.9 Å². The van der Waals surface area contributed by atoms with Crippen LogP contribution < -0.4 is 4.90 Å². The van der Waals surface area contributed by atoms with Crippen LogP contribution in [-0.2, 0) is 4.74 Å². The van der Waals surface area contributed by atoms with E-state index in [4.69, 9.17) is 4.74 Å². The Balaban J connectivity index is 1.66. The number of ketones is 1. The molecule has 1 heterocycles. The number of rotatable bonds is 4. The van der Waals surface area contributed by atoms with Gasteiger partial charge in [-0.05, 0) is 48.9 Å². The van der Waals surface area contributed by atoms with Gasteiger partial charge in [-0.25, -0.2) is 0 Å². The molecule has 0 radical (unpaired) electrons. The smallest absolute Gasteiger partial charge is 0.159 e. The van der Waals surface area contributed by atoms with Crippen molar-refractivity contribution in [3.05, 3.63) is 59.7 Å². The first-order valence-corrected chi connectivity index (χ1v) is 7.80. The van der Waals surface area contributed by atoms with Gasteiger partial charge in [0.15, 0.2) is 5.78 Å². The van der Waals surface area contributed by atoms with Crippen LogP contribution in [0.3, 0.4) is 0 Å². The normalized spacial score (nSPS) is 15.1. The van der Waals surface area contributed by atoms with Crippen molar-refractivity contribution in [3.63, 3.8) is 0 Å². The molecule has 0 saturated carbocycles. The van der Waals surface area contributed by atoms with Gasteiger partial charge in [0.25, 0.3) is 0 Å². The minimum atomic E-state index is 0.0687. The maximum atomic E-state index is 11.2. The van der Waals surface area contributed by atoms with E-state index in [1.807, 2.05) is 18.3 Å². The fourth-order valence-corrected chi connectivity index (χ4v) is 2.52. The zero-order chi connectivity index (χ0) is 16.1. The monoisotopic (exact) mass is 308 g/mol. The summed E-state index contributed by atoms with van der Waals surface area (Å²) in [5.41, 5.74) is 3.82. The van der Waals surface area contributed by atoms with Gasteiger partial charge in [-0.2, -0.15) is 0 Å². The Bertz CT molecular complexity index is 684. The van der Waals surface area contributed by atoms with Crippen LogP contribution in [-0.4, -0.2) is 38.3 Å². The van der Waals surface area contributed by atoms with Crippen LogP contribution >= 0.6 is 0 Å². The molecule has 3 rings (SSSR count). The van der Waals surface area contributed by atoms with Crippen molar-refractivity contribution in [2.45, 2.75) is 6.92 Å². The van der Waals surface area contributed by atoms with E-state index in [1.54, 1.807) is 19.1 Å². The van der Waals surface area contributed by atoms with Gasteiger partial charge in [0.1, 0.15) is 0 Å². The lowest BCUT2D eigenvalue weighted by Gasteiger charge is -2.28. The molecule has 0 aliphatic carbocycles. The second-order valence-corrected chi connectivity index (χ2v) is 5.55. The molecule has 2 aromatic carbocycles. The Labute approximate surface area is 136 Å². The van der Waals surface area contributed by atoms with Crippen molar-refractivity contribution in [3.8, 4) is 0 Å². The predicted molar refractivity (Wildman–Crippen MR) is 93.2 cm³/mol. The van der Waals surface area contributed by atoms with Crippen LogP contribution in [0.15, 0.2) is 53.5 Å². The molecule has 0 atom stereocenters. The lowest BCUT2D eigenvalue weighted by atomic mass is 10.1. The fourth-order valence-electron chi connectivity index (χ4n) is 2.52. The number of ether oxygens (including phenoxy) is 1. The van der Waals surface area contributed by atoms with Gasteiger partial charge in [-0.1, -0.05) is 12.1 Å². The molecular weight excluding hydrogens is 288 g/mol. The number of carbonyl (C=O) groups excluding carboxylic acids is 1. The van der Waals surface area contributed by atoms with Gasteiger partial charge < -0.3 is 9.64 Å². The molecule has 2 aromatic rings. The quantitative estimate of drug-likeness (QED) is 0.641. The summed E-state index contributed by atoms with van der Waals surface area (Å²) in [5.74, 6) is 0.0687. The minimum absolute atomic E-state index is 0.0687. The van der Waals surface area contributed by atoms with E-state index in [9.17, 15) is 4.79 Å². The summed E-state index contributed by atoms with van der Waals surface area (Å²) in [6.45, 7) is 5.03. The van der Waals surface area contributed by atoms with Gasteiger partial charge in [0.2, 0.25) is 0 Å². The van der Waals surface area contributed by atoms with Crippen molar-refractivity contribution in [2.75, 3.05) is 31.2 Å². The average molecular weight is 308 g/mol. The summed E-state index contributed by atoms with van der Waals surface area (Å²) in [6.07, 6.45) is 1.84. The zero-order valence-electron chi connectivity index (χ0n) is 13.2. The van der Waals surface area contributed by atoms with Gasteiger partial charge >= 0.3 is 0 Å². The number of nitrogens with zero attached hydrogens (tertiary/aromatic N) is 2. The molecule has 23 heavy (non-hydrogen) atoms. The molecule has 1 aliphatic rings. The zero-order valence-corrected chi connectivity index (χ0v) is 13.2. The van der Waals surface area contributed by atoms with E-state index in [2.05, 4.69) is 34.2 Å². The highest BCUT2D eigenvalue weighted by Crippen LogP contribution is 2.17. The maximum Gasteiger partial charge on any atom is 0.159 e. The van der Waals surface area contributed by atoms with Crippen molar-refractivity contribution >= 4 is 23.4 Å². The van der Waals surface area contributed by atoms with E-state index < -0.39 is 0 Å². The highest BCUT2D eigenvalue weighted by atomic mass is 16.5. The van der Waals surface area contributed by atoms with Crippen molar-refractivity contribution in [1.29, 1.82) is 0 Å². The molecule has 1 fully saturated rings. The third-order valence-electron chi connectivity index (χ3n) is 3.91. The number of anilines is 1. The molecule has 4 nitrogen and oxygen atoms in total. The van der Waals surface area contributed by atoms with Gasteiger partial charge in [-0.15, -0.1) is 0 Å². The van der Waals surface area contributed by atoms with Gasteiger partial charge in [0, 0.05) is 30.6 Å². The van der Waals surface area contributed by atoms with Crippen LogP contribution in [0.4, 0.5) is 11.4 Å². The lowest BCUT2D eigenvalue weighted by Crippen LogP contribution is -2.36. The van der Waals surface area contributed by atoms with E-state index >= 15 is 0 Å². The van der Waals surface area contributed by atoms with Crippen LogP contribution in [0.2, 0.25) is 0 Å². The molecular formula is C19H20N2O2. The SMILES string of the molecule is CC(=O)c1ccc(N=Cc2ccc(N3CCOCC3)cc2)cc1. The van der Waals surface area contributed by atoms with Crippen molar-refractivity contribution in [1.82, 2.24) is 0 Å². The number of carbonyl (C=O) groups is 1. The Morgan fingerprint density at radius 2 is 1.70 bits per heavy atom. The number of benzene rings is 2. The van der Waals surface area contributed by atoms with Crippen molar-refractivity contribution in [2.24, 2.45) is 4.99 Å². The Morgan fingerprint density at radius 3 is 2.30 bits per heavy atom. The first-order valence-electron chi connectivity index (χ1n) is 7.80. The molecule has 0 spiro atoms. The summed E-state index contributed by atoms with van der Waals surface area (Å²) >= 11 is 0. The summed E-state index contributed by atoms with van der Waals surface area (Å²) < 4.78 is 5.37. The molecule has 0 unspecified atom stereocenters. The second-order valence-electron chi connectivity index (χ2n) is 5.55. The molecule has 118 valence electrons. The van der Waals surface area contributed by atoms with Crippen LogP contribution in [0.25, 0.3) is 0 Å². The average Bonchev–Trinajstić information content (AvgIpc) is 2.61. The molecule has 0 amide bonds. The van der Waals surface area contributed by atoms with Crippen LogP contribution in [0, 0.1) is 0 Å². The first-order chi connectivity index (χ1) is 11.2. The highest BCUT2D eigenvalue weighted by molar-refractivity contribution is 5.94. The van der Waals surface area contributed by atoms with E-state index in [0.717, 1.165) is 37.6 Å². The fraction of sp³-hybridized carbons (Fsp3) is 0.263. The molecule has 0 N–H and O–H groups in total. The number of Topliss-reactive ketones (excluding diaryl/α,β-unsaturated/α-hetero) is 1. The highest BCUT2D eigenvalue weighted by Gasteiger charge is 2.10. The largest absolute Gasteiger partial charge is 0.378 e. The molecule has 0 aromatic heterocycles. The van der Waals surface area contributed by atoms with E-state index in [1.165, 1.54) is 5.69 Å². The summed E-state index contributed by atoms with van der Waals surface area (Å²) in [5, 5.41) is 0. The van der Waals surface area contributed by atoms with Gasteiger partial charge in [-0.3, -0.25) is 9.79 Å². The third kappa shape index (κ3) is 4.05. The van der Waals surface area contributed by atoms with Crippen LogP contribution in [0.5, 0.6) is 0 Å². The molecule has 1 aliphatic heterocycles. The minimum Gasteiger partial charge on any atom is -0.378 e. The standard InChI is InChI=1S/C19H20N2O2/c1-15(22)17-4-6-18(7-5-17)20-14-16-2-8-19(9-3-16)21-10-12-23-13-11-21/h2-9,14H,10-13H2,1H3. The first kappa shape index (κ1) is 15.4. The number of aliphatic imine (C=N–C) groups is 1. The Morgan fingerprint density at radius 1 is 1.04 bits per heavy atom. The third-order valence-corrected chi connectivity index (χ3v) is 3.91. The van der Waals surface area contributed by atoms with E-state index in [-0.39, 0.29) is 5.78 Å². The maximum absolute atomic E-state index is 11.2. The number of morpholine rings is 1. The number of hydrogen-bond donors (Lipinski definition) is 0. The molecule has 0 bridgehead atoms. The Kier molecular flexibility index (Phi) is 4.83. The Hall–Kier alpha value is -2.46. The summed E-state index contributed by atoms with van der Waals surface area (Å²) in [7, 11) is 0. The molecule has 1 saturated heterocycles.